The Morgan fingerprint density at radius 1 is 1.50 bits per heavy atom. The van der Waals surface area contributed by atoms with E-state index in [2.05, 4.69) is 31.2 Å². The highest BCUT2D eigenvalue weighted by Gasteiger charge is 2.12. The van der Waals surface area contributed by atoms with Crippen molar-refractivity contribution in [3.05, 3.63) is 18.0 Å². The molecule has 1 rings (SSSR count). The minimum absolute atomic E-state index is 0.00741. The molecule has 1 heterocycles. The van der Waals surface area contributed by atoms with Crippen LogP contribution in [0.2, 0.25) is 0 Å². The van der Waals surface area contributed by atoms with Gasteiger partial charge >= 0.3 is 0 Å². The fourth-order valence-corrected chi connectivity index (χ4v) is 1.58. The number of hydrogen-bond donors (Lipinski definition) is 2. The largest absolute Gasteiger partial charge is 0.394 e. The molecule has 0 saturated heterocycles. The highest BCUT2D eigenvalue weighted by molar-refractivity contribution is 5.10. The summed E-state index contributed by atoms with van der Waals surface area (Å²) < 4.78 is 1.93. The number of rotatable bonds is 7. The van der Waals surface area contributed by atoms with Crippen molar-refractivity contribution in [1.29, 1.82) is 0 Å². The highest BCUT2D eigenvalue weighted by atomic mass is 16.3. The molecule has 0 aliphatic heterocycles. The third kappa shape index (κ3) is 3.94. The maximum absolute atomic E-state index is 9.33. The highest BCUT2D eigenvalue weighted by Crippen LogP contribution is 2.11. The molecule has 0 aliphatic rings. The number of nitrogens with one attached hydrogen (secondary N) is 1. The van der Waals surface area contributed by atoms with Crippen molar-refractivity contribution < 1.29 is 5.11 Å². The summed E-state index contributed by atoms with van der Waals surface area (Å²) in [5, 5.41) is 16.9. The van der Waals surface area contributed by atoms with Crippen molar-refractivity contribution in [1.82, 2.24) is 15.1 Å². The van der Waals surface area contributed by atoms with Crippen LogP contribution < -0.4 is 5.32 Å². The van der Waals surface area contributed by atoms with Crippen LogP contribution in [-0.4, -0.2) is 28.0 Å². The van der Waals surface area contributed by atoms with Gasteiger partial charge in [-0.15, -0.1) is 0 Å². The van der Waals surface area contributed by atoms with E-state index in [-0.39, 0.29) is 12.6 Å². The lowest BCUT2D eigenvalue weighted by Gasteiger charge is -2.16. The van der Waals surface area contributed by atoms with E-state index in [1.165, 1.54) is 0 Å². The Labute approximate surface area is 97.7 Å². The molecule has 92 valence electrons. The molecule has 0 saturated carbocycles. The maximum Gasteiger partial charge on any atom is 0.0627 e. The van der Waals surface area contributed by atoms with Crippen LogP contribution in [0.5, 0.6) is 0 Å². The van der Waals surface area contributed by atoms with E-state index in [4.69, 9.17) is 0 Å². The third-order valence-electron chi connectivity index (χ3n) is 2.46. The Morgan fingerprint density at radius 2 is 2.25 bits per heavy atom. The zero-order chi connectivity index (χ0) is 12.0. The monoisotopic (exact) mass is 225 g/mol. The molecule has 1 aromatic heterocycles. The Bertz CT molecular complexity index is 296. The van der Waals surface area contributed by atoms with Crippen LogP contribution in [0.4, 0.5) is 0 Å². The fourth-order valence-electron chi connectivity index (χ4n) is 1.58. The summed E-state index contributed by atoms with van der Waals surface area (Å²) in [6.07, 6.45) is 4.92. The van der Waals surface area contributed by atoms with Gasteiger partial charge in [-0.1, -0.05) is 20.8 Å². The molecule has 16 heavy (non-hydrogen) atoms. The molecule has 0 aliphatic carbocycles. The van der Waals surface area contributed by atoms with Gasteiger partial charge in [0.25, 0.3) is 0 Å². The molecule has 0 amide bonds. The molecule has 0 aromatic carbocycles. The first kappa shape index (κ1) is 13.2. The lowest BCUT2D eigenvalue weighted by Crippen LogP contribution is -2.27. The third-order valence-corrected chi connectivity index (χ3v) is 2.46. The second-order valence-corrected chi connectivity index (χ2v) is 4.57. The second kappa shape index (κ2) is 6.66. The van der Waals surface area contributed by atoms with Crippen molar-refractivity contribution in [2.75, 3.05) is 13.2 Å². The quantitative estimate of drug-likeness (QED) is 0.740. The molecule has 1 atom stereocenters. The zero-order valence-electron chi connectivity index (χ0n) is 10.5. The Kier molecular flexibility index (Phi) is 5.49. The van der Waals surface area contributed by atoms with E-state index in [0.29, 0.717) is 5.92 Å². The van der Waals surface area contributed by atoms with E-state index in [1.54, 1.807) is 0 Å². The lowest BCUT2D eigenvalue weighted by atomic mass is 10.1. The zero-order valence-corrected chi connectivity index (χ0v) is 10.5. The van der Waals surface area contributed by atoms with E-state index < -0.39 is 0 Å². The van der Waals surface area contributed by atoms with Gasteiger partial charge < -0.3 is 10.4 Å². The van der Waals surface area contributed by atoms with Gasteiger partial charge in [0.15, 0.2) is 0 Å². The second-order valence-electron chi connectivity index (χ2n) is 4.57. The van der Waals surface area contributed by atoms with Crippen LogP contribution in [0, 0.1) is 5.92 Å². The van der Waals surface area contributed by atoms with Crippen molar-refractivity contribution in [2.45, 2.75) is 39.8 Å². The normalized spacial score (nSPS) is 13.3. The van der Waals surface area contributed by atoms with Crippen molar-refractivity contribution in [3.63, 3.8) is 0 Å². The van der Waals surface area contributed by atoms with Gasteiger partial charge in [0.05, 0.1) is 18.8 Å². The van der Waals surface area contributed by atoms with Crippen molar-refractivity contribution in [3.8, 4) is 0 Å². The number of aromatic nitrogens is 2. The van der Waals surface area contributed by atoms with Crippen LogP contribution >= 0.6 is 0 Å². The van der Waals surface area contributed by atoms with Gasteiger partial charge in [-0.3, -0.25) is 4.68 Å². The fraction of sp³-hybridized carbons (Fsp3) is 0.750. The Morgan fingerprint density at radius 3 is 2.81 bits per heavy atom. The summed E-state index contributed by atoms with van der Waals surface area (Å²) in [5.74, 6) is 0.583. The van der Waals surface area contributed by atoms with Gasteiger partial charge in [-0.25, -0.2) is 0 Å². The summed E-state index contributed by atoms with van der Waals surface area (Å²) in [4.78, 5) is 0. The Hall–Kier alpha value is -0.870. The maximum atomic E-state index is 9.33. The predicted molar refractivity (Wildman–Crippen MR) is 65.2 cm³/mol. The summed E-state index contributed by atoms with van der Waals surface area (Å²) in [7, 11) is 0. The van der Waals surface area contributed by atoms with Gasteiger partial charge in [0, 0.05) is 18.3 Å². The molecular weight excluding hydrogens is 202 g/mol. The molecule has 4 nitrogen and oxygen atoms in total. The number of aliphatic hydroxyl groups excluding tert-OH is 1. The topological polar surface area (TPSA) is 50.1 Å². The molecule has 1 aromatic rings. The first-order valence-electron chi connectivity index (χ1n) is 6.04. The molecule has 4 heteroatoms. The average molecular weight is 225 g/mol. The summed E-state index contributed by atoms with van der Waals surface area (Å²) in [5.41, 5.74) is 1.07. The first-order chi connectivity index (χ1) is 7.67. The molecule has 0 radical (unpaired) electrons. The smallest absolute Gasteiger partial charge is 0.0627 e. The van der Waals surface area contributed by atoms with E-state index in [1.807, 2.05) is 17.1 Å². The predicted octanol–water partition coefficient (Wildman–Crippen LogP) is 1.57. The summed E-state index contributed by atoms with van der Waals surface area (Å²) in [6.45, 7) is 8.39. The van der Waals surface area contributed by atoms with E-state index in [9.17, 15) is 5.11 Å². The van der Waals surface area contributed by atoms with Crippen LogP contribution in [0.3, 0.4) is 0 Å². The summed E-state index contributed by atoms with van der Waals surface area (Å²) in [6, 6.07) is 0.00741. The van der Waals surface area contributed by atoms with Gasteiger partial charge in [-0.05, 0) is 18.9 Å². The van der Waals surface area contributed by atoms with Crippen molar-refractivity contribution in [2.24, 2.45) is 5.92 Å². The summed E-state index contributed by atoms with van der Waals surface area (Å²) >= 11 is 0. The number of aryl methyl sites for hydroxylation is 1. The van der Waals surface area contributed by atoms with Crippen LogP contribution in [0.15, 0.2) is 12.4 Å². The van der Waals surface area contributed by atoms with Crippen LogP contribution in [-0.2, 0) is 6.54 Å². The lowest BCUT2D eigenvalue weighted by molar-refractivity contribution is 0.241. The Balaban J connectivity index is 2.56. The molecule has 0 bridgehead atoms. The molecule has 2 N–H and O–H groups in total. The molecule has 0 fully saturated rings. The number of nitrogens with zero attached hydrogens (tertiary/aromatic N) is 2. The number of aliphatic hydroxyl groups is 1. The van der Waals surface area contributed by atoms with Crippen molar-refractivity contribution >= 4 is 0 Å². The van der Waals surface area contributed by atoms with E-state index >= 15 is 0 Å². The standard InChI is InChI=1S/C12H23N3O/c1-4-5-15-8-11(7-14-15)12(9-16)13-6-10(2)3/h7-8,10,12-13,16H,4-6,9H2,1-3H3. The molecular formula is C12H23N3O. The van der Waals surface area contributed by atoms with Gasteiger partial charge in [0.1, 0.15) is 0 Å². The SMILES string of the molecule is CCCn1cc(C(CO)NCC(C)C)cn1. The average Bonchev–Trinajstić information content (AvgIpc) is 2.68. The molecule has 1 unspecified atom stereocenters. The van der Waals surface area contributed by atoms with Crippen LogP contribution in [0.1, 0.15) is 38.8 Å². The van der Waals surface area contributed by atoms with Crippen LogP contribution in [0.25, 0.3) is 0 Å². The van der Waals surface area contributed by atoms with Gasteiger partial charge in [0.2, 0.25) is 0 Å². The number of hydrogen-bond acceptors (Lipinski definition) is 3. The van der Waals surface area contributed by atoms with Gasteiger partial charge in [-0.2, -0.15) is 5.10 Å². The minimum Gasteiger partial charge on any atom is -0.394 e. The van der Waals surface area contributed by atoms with E-state index in [0.717, 1.165) is 25.1 Å². The minimum atomic E-state index is 0.00741. The first-order valence-corrected chi connectivity index (χ1v) is 6.04. The molecule has 0 spiro atoms.